The molecule has 1 aromatic carbocycles. The first-order chi connectivity index (χ1) is 9.17. The van der Waals surface area contributed by atoms with Gasteiger partial charge in [0.15, 0.2) is 11.6 Å². The number of hydrogen-bond acceptors (Lipinski definition) is 3. The van der Waals surface area contributed by atoms with E-state index < -0.39 is 0 Å². The van der Waals surface area contributed by atoms with Gasteiger partial charge in [-0.2, -0.15) is 5.10 Å². The Labute approximate surface area is 111 Å². The van der Waals surface area contributed by atoms with E-state index in [4.69, 9.17) is 4.74 Å². The number of benzene rings is 1. The van der Waals surface area contributed by atoms with Gasteiger partial charge in [0.25, 0.3) is 0 Å². The maximum atomic E-state index is 13.6. The summed E-state index contributed by atoms with van der Waals surface area (Å²) in [5.74, 6) is 0.713. The smallest absolute Gasteiger partial charge is 0.167 e. The van der Waals surface area contributed by atoms with Gasteiger partial charge in [0.1, 0.15) is 0 Å². The van der Waals surface area contributed by atoms with Crippen molar-refractivity contribution in [3.8, 4) is 5.75 Å². The molecule has 102 valence electrons. The highest BCUT2D eigenvalue weighted by Gasteiger charge is 2.22. The van der Waals surface area contributed by atoms with Crippen molar-refractivity contribution >= 4 is 10.9 Å². The highest BCUT2D eigenvalue weighted by atomic mass is 19.1. The lowest BCUT2D eigenvalue weighted by atomic mass is 10.0. The van der Waals surface area contributed by atoms with E-state index in [1.165, 1.54) is 26.3 Å². The summed E-state index contributed by atoms with van der Waals surface area (Å²) >= 11 is 0. The SMILES string of the molecule is COc1cc2c(CCN3CC(C)C3)[nH]nc2cc1F. The van der Waals surface area contributed by atoms with Crippen LogP contribution in [0.15, 0.2) is 12.1 Å². The molecule has 19 heavy (non-hydrogen) atoms. The molecule has 3 rings (SSSR count). The minimum atomic E-state index is -0.371. The number of nitrogens with zero attached hydrogens (tertiary/aromatic N) is 2. The van der Waals surface area contributed by atoms with Crippen LogP contribution in [0.4, 0.5) is 4.39 Å². The van der Waals surface area contributed by atoms with Crippen LogP contribution in [0, 0.1) is 11.7 Å². The molecule has 0 unspecified atom stereocenters. The minimum Gasteiger partial charge on any atom is -0.494 e. The van der Waals surface area contributed by atoms with Gasteiger partial charge in [0, 0.05) is 43.2 Å². The third-order valence-corrected chi connectivity index (χ3v) is 3.72. The molecule has 0 amide bonds. The summed E-state index contributed by atoms with van der Waals surface area (Å²) < 4.78 is 18.6. The fourth-order valence-electron chi connectivity index (χ4n) is 2.69. The first kappa shape index (κ1) is 12.4. The zero-order valence-corrected chi connectivity index (χ0v) is 11.2. The molecule has 1 aliphatic heterocycles. The molecule has 1 N–H and O–H groups in total. The molecular formula is C14H18FN3O. The number of aromatic nitrogens is 2. The monoisotopic (exact) mass is 263 g/mol. The average molecular weight is 263 g/mol. The van der Waals surface area contributed by atoms with Crippen molar-refractivity contribution < 1.29 is 9.13 Å². The van der Waals surface area contributed by atoms with Crippen molar-refractivity contribution in [1.29, 1.82) is 0 Å². The van der Waals surface area contributed by atoms with Gasteiger partial charge in [-0.15, -0.1) is 0 Å². The van der Waals surface area contributed by atoms with Crippen LogP contribution >= 0.6 is 0 Å². The number of nitrogens with one attached hydrogen (secondary N) is 1. The summed E-state index contributed by atoms with van der Waals surface area (Å²) in [6.45, 7) is 5.62. The summed E-state index contributed by atoms with van der Waals surface area (Å²) in [5.41, 5.74) is 1.71. The third-order valence-electron chi connectivity index (χ3n) is 3.72. The van der Waals surface area contributed by atoms with E-state index in [9.17, 15) is 4.39 Å². The van der Waals surface area contributed by atoms with E-state index in [0.29, 0.717) is 5.52 Å². The fourth-order valence-corrected chi connectivity index (χ4v) is 2.69. The van der Waals surface area contributed by atoms with Crippen molar-refractivity contribution in [2.45, 2.75) is 13.3 Å². The molecule has 0 bridgehead atoms. The van der Waals surface area contributed by atoms with E-state index in [2.05, 4.69) is 22.0 Å². The van der Waals surface area contributed by atoms with Gasteiger partial charge in [-0.3, -0.25) is 5.10 Å². The lowest BCUT2D eigenvalue weighted by molar-refractivity contribution is 0.115. The van der Waals surface area contributed by atoms with Gasteiger partial charge >= 0.3 is 0 Å². The molecular weight excluding hydrogens is 245 g/mol. The topological polar surface area (TPSA) is 41.1 Å². The van der Waals surface area contributed by atoms with Crippen LogP contribution in [-0.4, -0.2) is 41.8 Å². The Bertz CT molecular complexity index is 590. The number of aromatic amines is 1. The van der Waals surface area contributed by atoms with E-state index in [-0.39, 0.29) is 11.6 Å². The highest BCUT2D eigenvalue weighted by molar-refractivity contribution is 5.83. The van der Waals surface area contributed by atoms with Gasteiger partial charge in [0.2, 0.25) is 0 Å². The molecule has 2 aromatic rings. The molecule has 5 heteroatoms. The average Bonchev–Trinajstić information content (AvgIpc) is 2.74. The van der Waals surface area contributed by atoms with Gasteiger partial charge in [-0.1, -0.05) is 6.92 Å². The fraction of sp³-hybridized carbons (Fsp3) is 0.500. The van der Waals surface area contributed by atoms with Crippen LogP contribution < -0.4 is 4.74 Å². The Kier molecular flexibility index (Phi) is 3.14. The molecule has 0 saturated carbocycles. The lowest BCUT2D eigenvalue weighted by Crippen LogP contribution is -2.45. The summed E-state index contributed by atoms with van der Waals surface area (Å²) in [4.78, 5) is 2.41. The van der Waals surface area contributed by atoms with Gasteiger partial charge < -0.3 is 9.64 Å². The number of ether oxygens (including phenoxy) is 1. The van der Waals surface area contributed by atoms with Crippen LogP contribution in [0.5, 0.6) is 5.75 Å². The van der Waals surface area contributed by atoms with Crippen molar-refractivity contribution in [2.75, 3.05) is 26.7 Å². The predicted molar refractivity (Wildman–Crippen MR) is 71.9 cm³/mol. The molecule has 1 saturated heterocycles. The number of hydrogen-bond donors (Lipinski definition) is 1. The van der Waals surface area contributed by atoms with Gasteiger partial charge in [0.05, 0.1) is 12.6 Å². The molecule has 1 aliphatic rings. The van der Waals surface area contributed by atoms with Crippen molar-refractivity contribution in [2.24, 2.45) is 5.92 Å². The Morgan fingerprint density at radius 3 is 2.95 bits per heavy atom. The maximum absolute atomic E-state index is 13.6. The highest BCUT2D eigenvalue weighted by Crippen LogP contribution is 2.26. The van der Waals surface area contributed by atoms with E-state index in [0.717, 1.165) is 30.0 Å². The predicted octanol–water partition coefficient (Wildman–Crippen LogP) is 2.20. The largest absolute Gasteiger partial charge is 0.494 e. The third kappa shape index (κ3) is 2.30. The Hall–Kier alpha value is -1.62. The van der Waals surface area contributed by atoms with Crippen LogP contribution in [-0.2, 0) is 6.42 Å². The summed E-state index contributed by atoms with van der Waals surface area (Å²) in [5, 5.41) is 8.11. The second-order valence-corrected chi connectivity index (χ2v) is 5.32. The van der Waals surface area contributed by atoms with Gasteiger partial charge in [-0.05, 0) is 12.0 Å². The van der Waals surface area contributed by atoms with E-state index >= 15 is 0 Å². The van der Waals surface area contributed by atoms with E-state index in [1.54, 1.807) is 6.07 Å². The maximum Gasteiger partial charge on any atom is 0.167 e. The number of fused-ring (bicyclic) bond motifs is 1. The van der Waals surface area contributed by atoms with Gasteiger partial charge in [-0.25, -0.2) is 4.39 Å². The van der Waals surface area contributed by atoms with Crippen molar-refractivity contribution in [1.82, 2.24) is 15.1 Å². The molecule has 0 spiro atoms. The second kappa shape index (κ2) is 4.81. The zero-order valence-electron chi connectivity index (χ0n) is 11.2. The Morgan fingerprint density at radius 2 is 2.26 bits per heavy atom. The summed E-state index contributed by atoms with van der Waals surface area (Å²) in [6.07, 6.45) is 0.901. The number of halogens is 1. The summed E-state index contributed by atoms with van der Waals surface area (Å²) in [7, 11) is 1.48. The Morgan fingerprint density at radius 1 is 1.47 bits per heavy atom. The van der Waals surface area contributed by atoms with Crippen LogP contribution in [0.25, 0.3) is 10.9 Å². The number of methoxy groups -OCH3 is 1. The standard InChI is InChI=1S/C14H18FN3O/c1-9-7-18(8-9)4-3-12-10-5-14(19-2)11(15)6-13(10)17-16-12/h5-6,9H,3-4,7-8H2,1-2H3,(H,16,17). The van der Waals surface area contributed by atoms with Crippen LogP contribution in [0.2, 0.25) is 0 Å². The normalized spacial score (nSPS) is 16.8. The number of rotatable bonds is 4. The molecule has 0 atom stereocenters. The summed E-state index contributed by atoms with van der Waals surface area (Å²) in [6, 6.07) is 3.14. The first-order valence-electron chi connectivity index (χ1n) is 6.60. The van der Waals surface area contributed by atoms with Crippen LogP contribution in [0.3, 0.4) is 0 Å². The molecule has 2 heterocycles. The second-order valence-electron chi connectivity index (χ2n) is 5.32. The number of likely N-dealkylation sites (tertiary alicyclic amines) is 1. The number of H-pyrrole nitrogens is 1. The molecule has 1 fully saturated rings. The minimum absolute atomic E-state index is 0.271. The van der Waals surface area contributed by atoms with Crippen molar-refractivity contribution in [3.05, 3.63) is 23.6 Å². The quantitative estimate of drug-likeness (QED) is 0.919. The Balaban J connectivity index is 1.79. The van der Waals surface area contributed by atoms with E-state index in [1.807, 2.05) is 0 Å². The van der Waals surface area contributed by atoms with Crippen molar-refractivity contribution in [3.63, 3.8) is 0 Å². The van der Waals surface area contributed by atoms with Crippen LogP contribution in [0.1, 0.15) is 12.6 Å². The first-order valence-corrected chi connectivity index (χ1v) is 6.60. The zero-order chi connectivity index (χ0) is 13.4. The lowest BCUT2D eigenvalue weighted by Gasteiger charge is -2.37. The molecule has 1 aromatic heterocycles. The molecule has 0 aliphatic carbocycles. The molecule has 0 radical (unpaired) electrons. The molecule has 4 nitrogen and oxygen atoms in total.